The molecule has 0 aromatic heterocycles. The topological polar surface area (TPSA) is 64.3 Å². The minimum absolute atomic E-state index is 0.192. The number of hydrogen-bond donors (Lipinski definition) is 2. The first-order valence-electron chi connectivity index (χ1n) is 6.28. The number of carbonyl (C=O) groups excluding carboxylic acids is 1. The van der Waals surface area contributed by atoms with Crippen LogP contribution in [0.2, 0.25) is 10.0 Å². The lowest BCUT2D eigenvalue weighted by molar-refractivity contribution is -0.116. The molecule has 0 aliphatic rings. The lowest BCUT2D eigenvalue weighted by atomic mass is 10.3. The van der Waals surface area contributed by atoms with Crippen LogP contribution in [0.3, 0.4) is 0 Å². The van der Waals surface area contributed by atoms with Crippen LogP contribution in [0.25, 0.3) is 0 Å². The predicted molar refractivity (Wildman–Crippen MR) is 86.1 cm³/mol. The number of rotatable bonds is 5. The first-order valence-corrected chi connectivity index (χ1v) is 7.03. The molecule has 0 radical (unpaired) electrons. The number of anilines is 2. The Morgan fingerprint density at radius 2 is 2.00 bits per heavy atom. The second-order valence-electron chi connectivity index (χ2n) is 4.34. The van der Waals surface area contributed by atoms with Gasteiger partial charge in [0.05, 0.1) is 23.7 Å². The average Bonchev–Trinajstić information content (AvgIpc) is 2.42. The van der Waals surface area contributed by atoms with Crippen molar-refractivity contribution in [3.8, 4) is 5.75 Å². The maximum absolute atomic E-state index is 11.8. The normalized spacial score (nSPS) is 10.2. The van der Waals surface area contributed by atoms with Crippen LogP contribution in [0.4, 0.5) is 11.4 Å². The summed E-state index contributed by atoms with van der Waals surface area (Å²) in [5.74, 6) is 0.440. The number of nitrogen functional groups attached to an aromatic ring is 1. The molecule has 0 saturated heterocycles. The highest BCUT2D eigenvalue weighted by Gasteiger charge is 2.06. The fourth-order valence-electron chi connectivity index (χ4n) is 1.67. The molecule has 6 heteroatoms. The van der Waals surface area contributed by atoms with Crippen molar-refractivity contribution in [2.75, 3.05) is 17.7 Å². The van der Waals surface area contributed by atoms with Crippen molar-refractivity contribution in [2.45, 2.75) is 6.42 Å². The molecule has 0 unspecified atom stereocenters. The molecule has 0 saturated carbocycles. The maximum Gasteiger partial charge on any atom is 0.227 e. The lowest BCUT2D eigenvalue weighted by Gasteiger charge is -2.09. The van der Waals surface area contributed by atoms with Crippen molar-refractivity contribution < 1.29 is 9.53 Å². The Morgan fingerprint density at radius 3 is 2.71 bits per heavy atom. The molecule has 0 atom stereocenters. The third kappa shape index (κ3) is 4.85. The Labute approximate surface area is 132 Å². The third-order valence-electron chi connectivity index (χ3n) is 2.66. The molecule has 0 spiro atoms. The van der Waals surface area contributed by atoms with Crippen LogP contribution in [0.15, 0.2) is 42.5 Å². The van der Waals surface area contributed by atoms with Crippen molar-refractivity contribution in [3.63, 3.8) is 0 Å². The number of ether oxygens (including phenoxy) is 1. The quantitative estimate of drug-likeness (QED) is 0.817. The Balaban J connectivity index is 1.82. The van der Waals surface area contributed by atoms with Gasteiger partial charge in [-0.25, -0.2) is 0 Å². The van der Waals surface area contributed by atoms with Gasteiger partial charge in [0, 0.05) is 16.8 Å². The van der Waals surface area contributed by atoms with Gasteiger partial charge in [-0.15, -0.1) is 0 Å². The molecule has 1 amide bonds. The molecule has 2 aromatic carbocycles. The van der Waals surface area contributed by atoms with E-state index in [-0.39, 0.29) is 18.9 Å². The van der Waals surface area contributed by atoms with Crippen LogP contribution in [0.5, 0.6) is 5.75 Å². The second-order valence-corrected chi connectivity index (χ2v) is 5.19. The summed E-state index contributed by atoms with van der Waals surface area (Å²) in [6.45, 7) is 0.250. The van der Waals surface area contributed by atoms with E-state index in [2.05, 4.69) is 5.32 Å². The summed E-state index contributed by atoms with van der Waals surface area (Å²) < 4.78 is 5.45. The van der Waals surface area contributed by atoms with E-state index < -0.39 is 0 Å². The van der Waals surface area contributed by atoms with E-state index in [0.717, 1.165) is 0 Å². The standard InChI is InChI=1S/C15H14Cl2N2O2/c16-10-4-5-14(13(17)8-10)19-15(20)6-7-21-12-3-1-2-11(18)9-12/h1-5,8-9H,6-7,18H2,(H,19,20). The summed E-state index contributed by atoms with van der Waals surface area (Å²) >= 11 is 11.8. The molecule has 0 heterocycles. The van der Waals surface area contributed by atoms with Crippen molar-refractivity contribution >= 4 is 40.5 Å². The Bertz CT molecular complexity index is 647. The summed E-state index contributed by atoms with van der Waals surface area (Å²) in [6.07, 6.45) is 0.202. The molecule has 0 aliphatic carbocycles. The Hall–Kier alpha value is -1.91. The van der Waals surface area contributed by atoms with Crippen LogP contribution in [-0.4, -0.2) is 12.5 Å². The van der Waals surface area contributed by atoms with Gasteiger partial charge in [0.2, 0.25) is 5.91 Å². The van der Waals surface area contributed by atoms with Crippen LogP contribution < -0.4 is 15.8 Å². The largest absolute Gasteiger partial charge is 0.493 e. The molecule has 110 valence electrons. The highest BCUT2D eigenvalue weighted by molar-refractivity contribution is 6.36. The van der Waals surface area contributed by atoms with Crippen LogP contribution in [0.1, 0.15) is 6.42 Å². The van der Waals surface area contributed by atoms with Gasteiger partial charge < -0.3 is 15.8 Å². The van der Waals surface area contributed by atoms with E-state index in [1.54, 1.807) is 42.5 Å². The van der Waals surface area contributed by atoms with E-state index in [4.69, 9.17) is 33.7 Å². The summed E-state index contributed by atoms with van der Waals surface area (Å²) in [5, 5.41) is 3.61. The van der Waals surface area contributed by atoms with Gasteiger partial charge in [-0.1, -0.05) is 29.3 Å². The molecule has 2 aromatic rings. The van der Waals surface area contributed by atoms with Crippen molar-refractivity contribution in [1.82, 2.24) is 0 Å². The number of carbonyl (C=O) groups is 1. The summed E-state index contributed by atoms with van der Waals surface area (Å²) in [6, 6.07) is 11.9. The van der Waals surface area contributed by atoms with Crippen LogP contribution in [0, 0.1) is 0 Å². The molecule has 21 heavy (non-hydrogen) atoms. The van der Waals surface area contributed by atoms with Gasteiger partial charge in [0.15, 0.2) is 0 Å². The van der Waals surface area contributed by atoms with E-state index in [1.165, 1.54) is 0 Å². The fourth-order valence-corrected chi connectivity index (χ4v) is 2.13. The molecule has 0 aliphatic heterocycles. The highest BCUT2D eigenvalue weighted by Crippen LogP contribution is 2.25. The number of nitrogens with two attached hydrogens (primary N) is 1. The highest BCUT2D eigenvalue weighted by atomic mass is 35.5. The van der Waals surface area contributed by atoms with Crippen molar-refractivity contribution in [3.05, 3.63) is 52.5 Å². The van der Waals surface area contributed by atoms with Gasteiger partial charge in [-0.3, -0.25) is 4.79 Å². The maximum atomic E-state index is 11.8. The first kappa shape index (κ1) is 15.5. The molecule has 0 bridgehead atoms. The first-order chi connectivity index (χ1) is 10.0. The minimum atomic E-state index is -0.192. The van der Waals surface area contributed by atoms with Crippen molar-refractivity contribution in [1.29, 1.82) is 0 Å². The zero-order valence-electron chi connectivity index (χ0n) is 11.1. The van der Waals surface area contributed by atoms with E-state index >= 15 is 0 Å². The van der Waals surface area contributed by atoms with Gasteiger partial charge in [-0.05, 0) is 30.3 Å². The smallest absolute Gasteiger partial charge is 0.227 e. The fraction of sp³-hybridized carbons (Fsp3) is 0.133. The summed E-state index contributed by atoms with van der Waals surface area (Å²) in [5.41, 5.74) is 6.78. The number of amides is 1. The zero-order chi connectivity index (χ0) is 15.2. The summed E-state index contributed by atoms with van der Waals surface area (Å²) in [4.78, 5) is 11.8. The van der Waals surface area contributed by atoms with E-state index in [9.17, 15) is 4.79 Å². The molecule has 0 fully saturated rings. The molecule has 4 nitrogen and oxygen atoms in total. The predicted octanol–water partition coefficient (Wildman–Crippen LogP) is 3.98. The number of halogens is 2. The number of benzene rings is 2. The minimum Gasteiger partial charge on any atom is -0.493 e. The Morgan fingerprint density at radius 1 is 1.19 bits per heavy atom. The second kappa shape index (κ2) is 7.20. The average molecular weight is 325 g/mol. The molecular weight excluding hydrogens is 311 g/mol. The van der Waals surface area contributed by atoms with Gasteiger partial charge in [-0.2, -0.15) is 0 Å². The molecule has 3 N–H and O–H groups in total. The van der Waals surface area contributed by atoms with E-state index in [0.29, 0.717) is 27.2 Å². The van der Waals surface area contributed by atoms with Crippen LogP contribution >= 0.6 is 23.2 Å². The molecule has 2 rings (SSSR count). The summed E-state index contributed by atoms with van der Waals surface area (Å²) in [7, 11) is 0. The lowest BCUT2D eigenvalue weighted by Crippen LogP contribution is -2.15. The van der Waals surface area contributed by atoms with E-state index in [1.807, 2.05) is 0 Å². The van der Waals surface area contributed by atoms with Crippen LogP contribution in [-0.2, 0) is 4.79 Å². The Kier molecular flexibility index (Phi) is 5.31. The number of nitrogens with one attached hydrogen (secondary N) is 1. The molecular formula is C15H14Cl2N2O2. The monoisotopic (exact) mass is 324 g/mol. The van der Waals surface area contributed by atoms with Gasteiger partial charge in [0.25, 0.3) is 0 Å². The number of hydrogen-bond acceptors (Lipinski definition) is 3. The third-order valence-corrected chi connectivity index (χ3v) is 3.21. The SMILES string of the molecule is Nc1cccc(OCCC(=O)Nc2ccc(Cl)cc2Cl)c1. The zero-order valence-corrected chi connectivity index (χ0v) is 12.6. The van der Waals surface area contributed by atoms with Crippen molar-refractivity contribution in [2.24, 2.45) is 0 Å². The van der Waals surface area contributed by atoms with Gasteiger partial charge in [0.1, 0.15) is 5.75 Å². The van der Waals surface area contributed by atoms with Gasteiger partial charge >= 0.3 is 0 Å².